The van der Waals surface area contributed by atoms with Crippen molar-refractivity contribution in [2.75, 3.05) is 25.9 Å². The molecule has 0 bridgehead atoms. The highest BCUT2D eigenvalue weighted by molar-refractivity contribution is 5.44. The third kappa shape index (κ3) is 16.6. The number of carbonyl (C=O) groups is 1. The fraction of sp³-hybridized carbons (Fsp3) is 0.562. The van der Waals surface area contributed by atoms with E-state index in [0.29, 0.717) is 0 Å². The van der Waals surface area contributed by atoms with Gasteiger partial charge in [-0.15, -0.1) is 0 Å². The van der Waals surface area contributed by atoms with E-state index in [-0.39, 0.29) is 0 Å². The number of aryl methyl sites for hydroxylation is 1. The number of nitrogens with two attached hydrogens (primary N) is 1. The Morgan fingerprint density at radius 3 is 2.00 bits per heavy atom. The summed E-state index contributed by atoms with van der Waals surface area (Å²) in [6.45, 7) is 10.3. The van der Waals surface area contributed by atoms with Crippen LogP contribution in [0.15, 0.2) is 24.3 Å². The molecule has 19 heavy (non-hydrogen) atoms. The zero-order chi connectivity index (χ0) is 15.1. The highest BCUT2D eigenvalue weighted by Gasteiger charge is 1.89. The average Bonchev–Trinajstić information content (AvgIpc) is 2.41. The van der Waals surface area contributed by atoms with Crippen molar-refractivity contribution in [2.24, 2.45) is 0 Å². The maximum Gasteiger partial charge on any atom is 0.116 e. The second-order valence-corrected chi connectivity index (χ2v) is 4.40. The average molecular weight is 266 g/mol. The van der Waals surface area contributed by atoms with Crippen LogP contribution >= 0.6 is 0 Å². The SMILES string of the molecule is CC=O.CCCCN(C)CC.Cc1ccc(N)cc1. The van der Waals surface area contributed by atoms with Crippen molar-refractivity contribution in [1.29, 1.82) is 0 Å². The first-order valence-corrected chi connectivity index (χ1v) is 6.92. The van der Waals surface area contributed by atoms with Crippen LogP contribution in [0.1, 0.15) is 39.2 Å². The van der Waals surface area contributed by atoms with Crippen LogP contribution in [0.5, 0.6) is 0 Å². The molecular formula is C16H30N2O. The molecule has 110 valence electrons. The lowest BCUT2D eigenvalue weighted by Gasteiger charge is -2.11. The van der Waals surface area contributed by atoms with E-state index < -0.39 is 0 Å². The highest BCUT2D eigenvalue weighted by Crippen LogP contribution is 2.02. The van der Waals surface area contributed by atoms with Crippen LogP contribution in [0.25, 0.3) is 0 Å². The smallest absolute Gasteiger partial charge is 0.116 e. The maximum atomic E-state index is 8.81. The maximum absolute atomic E-state index is 8.81. The Morgan fingerprint density at radius 1 is 1.21 bits per heavy atom. The van der Waals surface area contributed by atoms with Crippen molar-refractivity contribution in [3.05, 3.63) is 29.8 Å². The minimum absolute atomic E-state index is 0.750. The predicted octanol–water partition coefficient (Wildman–Crippen LogP) is 3.52. The van der Waals surface area contributed by atoms with Gasteiger partial charge in [0.25, 0.3) is 0 Å². The van der Waals surface area contributed by atoms with E-state index in [0.717, 1.165) is 12.0 Å². The second-order valence-electron chi connectivity index (χ2n) is 4.40. The Morgan fingerprint density at radius 2 is 1.68 bits per heavy atom. The van der Waals surface area contributed by atoms with E-state index >= 15 is 0 Å². The van der Waals surface area contributed by atoms with Crippen molar-refractivity contribution in [1.82, 2.24) is 4.90 Å². The lowest BCUT2D eigenvalue weighted by molar-refractivity contribution is -0.106. The number of hydrogen-bond acceptors (Lipinski definition) is 3. The van der Waals surface area contributed by atoms with Gasteiger partial charge in [0.15, 0.2) is 0 Å². The number of aldehydes is 1. The number of hydrogen-bond donors (Lipinski definition) is 1. The lowest BCUT2D eigenvalue weighted by atomic mass is 10.2. The molecule has 3 nitrogen and oxygen atoms in total. The molecule has 0 atom stereocenters. The first-order chi connectivity index (χ1) is 9.01. The van der Waals surface area contributed by atoms with Crippen LogP contribution in [0.4, 0.5) is 5.69 Å². The summed E-state index contributed by atoms with van der Waals surface area (Å²) in [6, 6.07) is 7.79. The molecule has 2 N–H and O–H groups in total. The van der Waals surface area contributed by atoms with Crippen LogP contribution in [0, 0.1) is 6.92 Å². The minimum atomic E-state index is 0.750. The molecule has 0 amide bonds. The van der Waals surface area contributed by atoms with Crippen molar-refractivity contribution in [2.45, 2.75) is 40.5 Å². The molecule has 0 aliphatic carbocycles. The zero-order valence-corrected chi connectivity index (χ0v) is 13.1. The fourth-order valence-electron chi connectivity index (χ4n) is 1.15. The minimum Gasteiger partial charge on any atom is -0.399 e. The topological polar surface area (TPSA) is 46.3 Å². The van der Waals surface area contributed by atoms with Crippen molar-refractivity contribution < 1.29 is 4.79 Å². The number of unbranched alkanes of at least 4 members (excludes halogenated alkanes) is 1. The first-order valence-electron chi connectivity index (χ1n) is 6.92. The highest BCUT2D eigenvalue weighted by atomic mass is 16.1. The van der Waals surface area contributed by atoms with Gasteiger partial charge in [-0.3, -0.25) is 0 Å². The summed E-state index contributed by atoms with van der Waals surface area (Å²) in [7, 11) is 2.16. The Labute approximate surface area is 118 Å². The molecule has 0 aromatic heterocycles. The molecule has 0 aliphatic heterocycles. The van der Waals surface area contributed by atoms with Crippen LogP contribution in [-0.2, 0) is 4.79 Å². The number of nitrogens with zero attached hydrogens (tertiary/aromatic N) is 1. The molecule has 0 heterocycles. The van der Waals surface area contributed by atoms with E-state index in [2.05, 4.69) is 25.8 Å². The molecule has 0 unspecified atom stereocenters. The largest absolute Gasteiger partial charge is 0.399 e. The van der Waals surface area contributed by atoms with Crippen LogP contribution in [0.3, 0.4) is 0 Å². The normalized spacial score (nSPS) is 8.95. The van der Waals surface area contributed by atoms with E-state index in [1.807, 2.05) is 31.2 Å². The Bertz CT molecular complexity index is 275. The number of rotatable bonds is 4. The molecule has 0 saturated heterocycles. The Balaban J connectivity index is 0. The molecule has 0 radical (unpaired) electrons. The molecule has 0 fully saturated rings. The van der Waals surface area contributed by atoms with Gasteiger partial charge in [-0.1, -0.05) is 38.0 Å². The number of carbonyl (C=O) groups excluding carboxylic acids is 1. The van der Waals surface area contributed by atoms with E-state index in [4.69, 9.17) is 10.5 Å². The molecule has 1 aromatic carbocycles. The molecule has 3 heteroatoms. The summed E-state index contributed by atoms with van der Waals surface area (Å²) >= 11 is 0. The molecule has 1 rings (SSSR count). The standard InChI is InChI=1S/C7H9N.C7H17N.C2H4O/c1-6-2-4-7(8)5-3-6;1-4-6-7-8(3)5-2;1-2-3/h2-5H,8H2,1H3;4-7H2,1-3H3;2H,1H3. The summed E-state index contributed by atoms with van der Waals surface area (Å²) in [4.78, 5) is 11.1. The van der Waals surface area contributed by atoms with Gasteiger partial charge in [0.2, 0.25) is 0 Å². The fourth-order valence-corrected chi connectivity index (χ4v) is 1.15. The zero-order valence-electron chi connectivity index (χ0n) is 13.1. The summed E-state index contributed by atoms with van der Waals surface area (Å²) in [5, 5.41) is 0. The van der Waals surface area contributed by atoms with Gasteiger partial charge in [-0.05, 0) is 52.5 Å². The van der Waals surface area contributed by atoms with Crippen LogP contribution in [-0.4, -0.2) is 31.3 Å². The third-order valence-corrected chi connectivity index (χ3v) is 2.51. The molecule has 0 spiro atoms. The van der Waals surface area contributed by atoms with E-state index in [9.17, 15) is 0 Å². The van der Waals surface area contributed by atoms with Crippen LogP contribution < -0.4 is 5.73 Å². The second kappa shape index (κ2) is 14.7. The Kier molecular flexibility index (Phi) is 15.5. The Hall–Kier alpha value is -1.35. The van der Waals surface area contributed by atoms with Gasteiger partial charge in [0, 0.05) is 5.69 Å². The summed E-state index contributed by atoms with van der Waals surface area (Å²) < 4.78 is 0. The third-order valence-electron chi connectivity index (χ3n) is 2.51. The molecule has 1 aromatic rings. The summed E-state index contributed by atoms with van der Waals surface area (Å²) in [5.74, 6) is 0. The van der Waals surface area contributed by atoms with E-state index in [1.54, 1.807) is 0 Å². The van der Waals surface area contributed by atoms with E-state index in [1.165, 1.54) is 38.4 Å². The first kappa shape index (κ1) is 20.0. The molecule has 0 saturated carbocycles. The van der Waals surface area contributed by atoms with Gasteiger partial charge in [-0.2, -0.15) is 0 Å². The van der Waals surface area contributed by atoms with Crippen molar-refractivity contribution in [3.63, 3.8) is 0 Å². The number of nitrogen functional groups attached to an aromatic ring is 1. The lowest BCUT2D eigenvalue weighted by Crippen LogP contribution is -2.18. The number of benzene rings is 1. The molecular weight excluding hydrogens is 236 g/mol. The van der Waals surface area contributed by atoms with Gasteiger partial charge in [0.05, 0.1) is 0 Å². The van der Waals surface area contributed by atoms with Gasteiger partial charge in [-0.25, -0.2) is 0 Å². The summed E-state index contributed by atoms with van der Waals surface area (Å²) in [6.07, 6.45) is 3.40. The van der Waals surface area contributed by atoms with Gasteiger partial charge < -0.3 is 15.4 Å². The monoisotopic (exact) mass is 266 g/mol. The quantitative estimate of drug-likeness (QED) is 0.670. The van der Waals surface area contributed by atoms with Crippen molar-refractivity contribution >= 4 is 12.0 Å². The summed E-state index contributed by atoms with van der Waals surface area (Å²) in [5.41, 5.74) is 7.51. The number of anilines is 1. The predicted molar refractivity (Wildman–Crippen MR) is 85.4 cm³/mol. The van der Waals surface area contributed by atoms with Gasteiger partial charge in [0.1, 0.15) is 6.29 Å². The van der Waals surface area contributed by atoms with Gasteiger partial charge >= 0.3 is 0 Å². The van der Waals surface area contributed by atoms with Crippen LogP contribution in [0.2, 0.25) is 0 Å². The molecule has 0 aliphatic rings. The van der Waals surface area contributed by atoms with Crippen molar-refractivity contribution in [3.8, 4) is 0 Å².